The molecule has 0 aliphatic rings. The van der Waals surface area contributed by atoms with Crippen molar-refractivity contribution in [3.05, 3.63) is 129 Å². The zero-order valence-corrected chi connectivity index (χ0v) is 29.0. The summed E-state index contributed by atoms with van der Waals surface area (Å²) in [4.78, 5) is 30.1. The van der Waals surface area contributed by atoms with Crippen LogP contribution in [0.4, 0.5) is 5.69 Å². The molecule has 0 heterocycles. The Balaban J connectivity index is 1.85. The van der Waals surface area contributed by atoms with Gasteiger partial charge in [-0.25, -0.2) is 8.42 Å². The zero-order chi connectivity index (χ0) is 33.6. The van der Waals surface area contributed by atoms with E-state index in [0.29, 0.717) is 26.9 Å². The van der Waals surface area contributed by atoms with Gasteiger partial charge in [-0.3, -0.25) is 13.9 Å². The highest BCUT2D eigenvalue weighted by atomic mass is 35.5. The van der Waals surface area contributed by atoms with Gasteiger partial charge in [0.1, 0.15) is 12.6 Å². The van der Waals surface area contributed by atoms with E-state index in [1.165, 1.54) is 17.0 Å². The predicted octanol–water partition coefficient (Wildman–Crippen LogP) is 7.36. The molecule has 4 aromatic carbocycles. The SMILES string of the molecule is Cc1ccc(S(=O)(=O)N(CC(=O)N(Cc2ccc(Cl)cc2Cl)C(Cc2ccccc2)C(=O)NC(C)(C)C)c2ccccc2C)cc1. The maximum absolute atomic E-state index is 14.6. The number of benzene rings is 4. The van der Waals surface area contributed by atoms with Gasteiger partial charge in [-0.1, -0.05) is 95.5 Å². The van der Waals surface area contributed by atoms with E-state index in [9.17, 15) is 18.0 Å². The molecule has 0 saturated heterocycles. The van der Waals surface area contributed by atoms with Crippen LogP contribution in [-0.4, -0.2) is 43.3 Å². The number of nitrogens with zero attached hydrogens (tertiary/aromatic N) is 2. The molecule has 0 spiro atoms. The van der Waals surface area contributed by atoms with E-state index in [4.69, 9.17) is 23.2 Å². The third kappa shape index (κ3) is 8.90. The Morgan fingerprint density at radius 2 is 1.48 bits per heavy atom. The Hall–Kier alpha value is -3.85. The van der Waals surface area contributed by atoms with Gasteiger partial charge in [0.2, 0.25) is 11.8 Å². The normalized spacial score (nSPS) is 12.3. The number of para-hydroxylation sites is 1. The minimum atomic E-state index is -4.20. The predicted molar refractivity (Wildman–Crippen MR) is 186 cm³/mol. The van der Waals surface area contributed by atoms with Crippen LogP contribution in [0.5, 0.6) is 0 Å². The molecule has 1 N–H and O–H groups in total. The summed E-state index contributed by atoms with van der Waals surface area (Å²) in [6.07, 6.45) is 0.189. The fraction of sp³-hybridized carbons (Fsp3) is 0.278. The lowest BCUT2D eigenvalue weighted by Crippen LogP contribution is -2.56. The molecule has 1 unspecified atom stereocenters. The molecule has 0 saturated carbocycles. The van der Waals surface area contributed by atoms with Crippen LogP contribution in [0.15, 0.2) is 102 Å². The molecule has 242 valence electrons. The maximum Gasteiger partial charge on any atom is 0.264 e. The highest BCUT2D eigenvalue weighted by Crippen LogP contribution is 2.29. The second-order valence-corrected chi connectivity index (χ2v) is 15.0. The van der Waals surface area contributed by atoms with Crippen molar-refractivity contribution in [3.63, 3.8) is 0 Å². The van der Waals surface area contributed by atoms with Gasteiger partial charge in [-0.2, -0.15) is 0 Å². The summed E-state index contributed by atoms with van der Waals surface area (Å²) in [5.41, 5.74) is 2.73. The van der Waals surface area contributed by atoms with Gasteiger partial charge < -0.3 is 10.2 Å². The molecule has 0 fully saturated rings. The molecule has 2 amide bonds. The first-order valence-corrected chi connectivity index (χ1v) is 17.1. The molecule has 4 rings (SSSR count). The molecular weight excluding hydrogens is 641 g/mol. The third-order valence-corrected chi connectivity index (χ3v) is 9.76. The Morgan fingerprint density at radius 1 is 0.848 bits per heavy atom. The van der Waals surface area contributed by atoms with Gasteiger partial charge in [0.25, 0.3) is 10.0 Å². The van der Waals surface area contributed by atoms with Crippen molar-refractivity contribution in [1.82, 2.24) is 10.2 Å². The molecule has 46 heavy (non-hydrogen) atoms. The average Bonchev–Trinajstić information content (AvgIpc) is 2.99. The monoisotopic (exact) mass is 679 g/mol. The Morgan fingerprint density at radius 3 is 2.09 bits per heavy atom. The molecule has 0 radical (unpaired) electrons. The number of rotatable bonds is 11. The van der Waals surface area contributed by atoms with Gasteiger partial charge in [-0.05, 0) is 81.6 Å². The van der Waals surface area contributed by atoms with E-state index in [0.717, 1.165) is 15.4 Å². The van der Waals surface area contributed by atoms with Crippen LogP contribution in [0.3, 0.4) is 0 Å². The topological polar surface area (TPSA) is 86.8 Å². The summed E-state index contributed by atoms with van der Waals surface area (Å²) in [5, 5.41) is 3.77. The number of halogens is 2. The number of hydrogen-bond donors (Lipinski definition) is 1. The second-order valence-electron chi connectivity index (χ2n) is 12.3. The van der Waals surface area contributed by atoms with Crippen LogP contribution in [0.1, 0.15) is 43.0 Å². The molecule has 10 heteroatoms. The fourth-order valence-corrected chi connectivity index (χ4v) is 6.98. The van der Waals surface area contributed by atoms with Crippen molar-refractivity contribution in [3.8, 4) is 0 Å². The first-order valence-electron chi connectivity index (χ1n) is 14.9. The lowest BCUT2D eigenvalue weighted by atomic mass is 10.0. The van der Waals surface area contributed by atoms with Crippen LogP contribution in [0.2, 0.25) is 10.0 Å². The summed E-state index contributed by atoms with van der Waals surface area (Å²) in [7, 11) is -4.20. The standard InChI is InChI=1S/C36H39Cl2N3O4S/c1-25-15-19-30(20-16-25)46(44,45)41(32-14-10-9-11-26(32)2)24-34(42)40(23-28-17-18-29(37)22-31(28)38)33(35(43)39-36(3,4)5)21-27-12-7-6-8-13-27/h6-20,22,33H,21,23-24H2,1-5H3,(H,39,43). The number of anilines is 1. The van der Waals surface area contributed by atoms with E-state index in [2.05, 4.69) is 5.32 Å². The fourth-order valence-electron chi connectivity index (χ4n) is 5.03. The molecule has 4 aromatic rings. The van der Waals surface area contributed by atoms with Crippen molar-refractivity contribution >= 4 is 50.7 Å². The van der Waals surface area contributed by atoms with Gasteiger partial charge >= 0.3 is 0 Å². The summed E-state index contributed by atoms with van der Waals surface area (Å²) < 4.78 is 29.6. The minimum absolute atomic E-state index is 0.0489. The quantitative estimate of drug-likeness (QED) is 0.179. The number of amides is 2. The van der Waals surface area contributed by atoms with E-state index in [1.54, 1.807) is 61.5 Å². The van der Waals surface area contributed by atoms with E-state index < -0.39 is 34.1 Å². The van der Waals surface area contributed by atoms with E-state index in [-0.39, 0.29) is 23.8 Å². The molecule has 0 aliphatic heterocycles. The maximum atomic E-state index is 14.6. The van der Waals surface area contributed by atoms with Crippen molar-refractivity contribution in [2.45, 2.75) is 64.1 Å². The lowest BCUT2D eigenvalue weighted by Gasteiger charge is -2.35. The van der Waals surface area contributed by atoms with Crippen LogP contribution in [0, 0.1) is 13.8 Å². The van der Waals surface area contributed by atoms with Crippen molar-refractivity contribution in [2.24, 2.45) is 0 Å². The third-order valence-electron chi connectivity index (χ3n) is 7.40. The number of aryl methyl sites for hydroxylation is 2. The summed E-state index contributed by atoms with van der Waals surface area (Å²) >= 11 is 12.8. The number of hydrogen-bond acceptors (Lipinski definition) is 4. The van der Waals surface area contributed by atoms with Crippen LogP contribution >= 0.6 is 23.2 Å². The molecule has 1 atom stereocenters. The minimum Gasteiger partial charge on any atom is -0.350 e. The highest BCUT2D eigenvalue weighted by molar-refractivity contribution is 7.92. The van der Waals surface area contributed by atoms with Crippen molar-refractivity contribution < 1.29 is 18.0 Å². The number of carbonyl (C=O) groups excluding carboxylic acids is 2. The van der Waals surface area contributed by atoms with Gasteiger partial charge in [0, 0.05) is 28.5 Å². The van der Waals surface area contributed by atoms with Crippen molar-refractivity contribution in [1.29, 1.82) is 0 Å². The summed E-state index contributed by atoms with van der Waals surface area (Å²) in [6, 6.07) is 26.8. The van der Waals surface area contributed by atoms with Crippen LogP contribution in [0.25, 0.3) is 0 Å². The Labute approximate surface area is 282 Å². The molecule has 0 aliphatic carbocycles. The van der Waals surface area contributed by atoms with Gasteiger partial charge in [-0.15, -0.1) is 0 Å². The van der Waals surface area contributed by atoms with Crippen molar-refractivity contribution in [2.75, 3.05) is 10.8 Å². The molecular formula is C36H39Cl2N3O4S. The average molecular weight is 681 g/mol. The van der Waals surface area contributed by atoms with Gasteiger partial charge in [0.15, 0.2) is 0 Å². The highest BCUT2D eigenvalue weighted by Gasteiger charge is 2.36. The Kier molecular flexibility index (Phi) is 11.2. The number of sulfonamides is 1. The first kappa shape index (κ1) is 35.0. The van der Waals surface area contributed by atoms with Crippen LogP contribution < -0.4 is 9.62 Å². The lowest BCUT2D eigenvalue weighted by molar-refractivity contribution is -0.140. The zero-order valence-electron chi connectivity index (χ0n) is 26.6. The largest absolute Gasteiger partial charge is 0.350 e. The first-order chi connectivity index (χ1) is 21.7. The summed E-state index contributed by atoms with van der Waals surface area (Å²) in [6.45, 7) is 8.63. The van der Waals surface area contributed by atoms with E-state index >= 15 is 0 Å². The van der Waals surface area contributed by atoms with Crippen LogP contribution in [-0.2, 0) is 32.6 Å². The molecule has 0 aromatic heterocycles. The smallest absolute Gasteiger partial charge is 0.264 e. The second kappa shape index (κ2) is 14.7. The summed E-state index contributed by atoms with van der Waals surface area (Å²) in [5.74, 6) is -0.950. The number of carbonyl (C=O) groups is 2. The molecule has 7 nitrogen and oxygen atoms in total. The Bertz CT molecular complexity index is 1790. The van der Waals surface area contributed by atoms with E-state index in [1.807, 2.05) is 58.0 Å². The number of nitrogens with one attached hydrogen (secondary N) is 1. The molecule has 0 bridgehead atoms. The van der Waals surface area contributed by atoms with Gasteiger partial charge in [0.05, 0.1) is 10.6 Å².